The molecule has 3 heterocycles. The molecule has 0 amide bonds. The third kappa shape index (κ3) is 7.15. The van der Waals surface area contributed by atoms with Crippen molar-refractivity contribution in [1.82, 2.24) is 9.88 Å². The van der Waals surface area contributed by atoms with Gasteiger partial charge < -0.3 is 23.8 Å². The van der Waals surface area contributed by atoms with Gasteiger partial charge in [-0.15, -0.1) is 11.3 Å². The second kappa shape index (κ2) is 12.9. The molecule has 5 rings (SSSR count). The molecular weight excluding hydrogens is 533 g/mol. The van der Waals surface area contributed by atoms with Gasteiger partial charge in [0.15, 0.2) is 23.1 Å². The number of pyridine rings is 1. The van der Waals surface area contributed by atoms with Crippen LogP contribution < -0.4 is 18.9 Å². The average Bonchev–Trinajstić information content (AvgIpc) is 3.36. The molecule has 0 saturated carbocycles. The van der Waals surface area contributed by atoms with Crippen LogP contribution in [-0.4, -0.2) is 43.2 Å². The van der Waals surface area contributed by atoms with Gasteiger partial charge in [0.2, 0.25) is 0 Å². The first-order valence-corrected chi connectivity index (χ1v) is 14.9. The lowest BCUT2D eigenvalue weighted by Crippen LogP contribution is -2.35. The predicted octanol–water partition coefficient (Wildman–Crippen LogP) is 8.16. The van der Waals surface area contributed by atoms with Crippen LogP contribution in [-0.2, 0) is 0 Å². The second-order valence-corrected chi connectivity index (χ2v) is 12.3. The summed E-state index contributed by atoms with van der Waals surface area (Å²) < 4.78 is 37.0. The number of fused-ring (bicyclic) bond motifs is 1. The molecule has 39 heavy (non-hydrogen) atoms. The van der Waals surface area contributed by atoms with Crippen LogP contribution in [0.25, 0.3) is 10.9 Å². The first-order chi connectivity index (χ1) is 19.0. The predicted molar refractivity (Wildman–Crippen MR) is 158 cm³/mol. The molecule has 1 N–H and O–H groups in total. The number of thiophene rings is 1. The number of ether oxygens (including phenoxy) is 3. The van der Waals surface area contributed by atoms with Crippen molar-refractivity contribution in [3.8, 4) is 23.0 Å². The molecule has 2 aromatic carbocycles. The molecule has 0 spiro atoms. The molecule has 1 unspecified atom stereocenters. The normalized spacial score (nSPS) is 15.8. The Morgan fingerprint density at radius 1 is 1.10 bits per heavy atom. The summed E-state index contributed by atoms with van der Waals surface area (Å²) in [5.74, 6) is 2.17. The number of hydrogen-bond donors (Lipinski definition) is 1. The van der Waals surface area contributed by atoms with E-state index in [1.807, 2.05) is 18.2 Å². The summed E-state index contributed by atoms with van der Waals surface area (Å²) in [6.45, 7) is 8.34. The molecule has 206 valence electrons. The highest BCUT2D eigenvalue weighted by Crippen LogP contribution is 2.38. The number of benzene rings is 2. The van der Waals surface area contributed by atoms with Crippen molar-refractivity contribution < 1.29 is 18.6 Å². The summed E-state index contributed by atoms with van der Waals surface area (Å²) in [7, 11) is 1.61. The maximum absolute atomic E-state index is 15.0. The van der Waals surface area contributed by atoms with Crippen molar-refractivity contribution in [3.63, 3.8) is 0 Å². The van der Waals surface area contributed by atoms with E-state index in [1.165, 1.54) is 48.8 Å². The minimum atomic E-state index is -0.456. The Balaban J connectivity index is 1.24. The molecule has 0 bridgehead atoms. The number of aryl methyl sites for hydroxylation is 1. The van der Waals surface area contributed by atoms with Gasteiger partial charge in [0.1, 0.15) is 5.75 Å². The summed E-state index contributed by atoms with van der Waals surface area (Å²) >= 11 is 3.15. The van der Waals surface area contributed by atoms with E-state index in [-0.39, 0.29) is 5.75 Å². The maximum atomic E-state index is 15.0. The number of anilines is 1. The Morgan fingerprint density at radius 2 is 2.00 bits per heavy atom. The number of hydrogen-bond acceptors (Lipinski definition) is 8. The smallest absolute Gasteiger partial charge is 0.167 e. The van der Waals surface area contributed by atoms with Crippen molar-refractivity contribution in [1.29, 1.82) is 0 Å². The highest BCUT2D eigenvalue weighted by molar-refractivity contribution is 8.02. The van der Waals surface area contributed by atoms with Gasteiger partial charge in [-0.3, -0.25) is 4.98 Å². The van der Waals surface area contributed by atoms with E-state index < -0.39 is 5.82 Å². The molecule has 2 aromatic heterocycles. The molecule has 1 aliphatic heterocycles. The zero-order valence-electron chi connectivity index (χ0n) is 22.5. The van der Waals surface area contributed by atoms with Gasteiger partial charge >= 0.3 is 0 Å². The van der Waals surface area contributed by atoms with Crippen molar-refractivity contribution in [2.75, 3.05) is 38.1 Å². The maximum Gasteiger partial charge on any atom is 0.167 e. The summed E-state index contributed by atoms with van der Waals surface area (Å²) in [5, 5.41) is 0.717. The van der Waals surface area contributed by atoms with E-state index >= 15 is 0 Å². The van der Waals surface area contributed by atoms with Crippen LogP contribution in [0.3, 0.4) is 0 Å². The number of aromatic nitrogens is 1. The number of piperidine rings is 1. The lowest BCUT2D eigenvalue weighted by atomic mass is 10.0. The largest absolute Gasteiger partial charge is 0.493 e. The number of nitrogens with zero attached hydrogens (tertiary/aromatic N) is 2. The summed E-state index contributed by atoms with van der Waals surface area (Å²) in [4.78, 5) is 8.24. The lowest BCUT2D eigenvalue weighted by Gasteiger charge is -2.30. The third-order valence-electron chi connectivity index (χ3n) is 6.74. The van der Waals surface area contributed by atoms with Crippen molar-refractivity contribution in [3.05, 3.63) is 65.4 Å². The Morgan fingerprint density at radius 3 is 2.77 bits per heavy atom. The third-order valence-corrected chi connectivity index (χ3v) is 8.71. The van der Waals surface area contributed by atoms with Gasteiger partial charge in [-0.1, -0.05) is 6.92 Å². The van der Waals surface area contributed by atoms with Crippen LogP contribution in [0.4, 0.5) is 10.1 Å². The fourth-order valence-electron chi connectivity index (χ4n) is 4.79. The molecule has 6 nitrogen and oxygen atoms in total. The van der Waals surface area contributed by atoms with Crippen LogP contribution in [0, 0.1) is 18.7 Å². The first kappa shape index (κ1) is 27.6. The highest BCUT2D eigenvalue weighted by Gasteiger charge is 2.17. The summed E-state index contributed by atoms with van der Waals surface area (Å²) in [6, 6.07) is 14.4. The van der Waals surface area contributed by atoms with E-state index in [1.54, 1.807) is 42.8 Å². The Bertz CT molecular complexity index is 1410. The number of halogens is 1. The van der Waals surface area contributed by atoms with E-state index in [4.69, 9.17) is 14.2 Å². The van der Waals surface area contributed by atoms with Crippen LogP contribution in [0.2, 0.25) is 0 Å². The Hall–Kier alpha value is -3.01. The monoisotopic (exact) mass is 567 g/mol. The average molecular weight is 568 g/mol. The van der Waals surface area contributed by atoms with Gasteiger partial charge in [-0.2, -0.15) is 0 Å². The molecule has 1 atom stereocenters. The molecule has 1 aliphatic rings. The number of likely N-dealkylation sites (tertiary alicyclic amines) is 1. The van der Waals surface area contributed by atoms with Gasteiger partial charge in [0, 0.05) is 47.4 Å². The van der Waals surface area contributed by atoms with Gasteiger partial charge in [-0.25, -0.2) is 4.39 Å². The number of rotatable bonds is 11. The standard InChI is InChI=1S/C30H34FN3O3S2/c1-20-6-4-13-34(19-20)14-5-15-36-29-18-25-23(17-28(29)35-3)26(11-12-32-25)37-27-9-8-22(16-24(27)31)33-39-30-10-7-21(2)38-30/h7-12,16-18,20,33H,4-6,13-15,19H2,1-3H3. The number of methoxy groups -OCH3 is 1. The minimum Gasteiger partial charge on any atom is -0.493 e. The second-order valence-electron chi connectivity index (χ2n) is 9.90. The molecule has 9 heteroatoms. The fraction of sp³-hybridized carbons (Fsp3) is 0.367. The van der Waals surface area contributed by atoms with E-state index in [0.29, 0.717) is 40.4 Å². The van der Waals surface area contributed by atoms with Crippen molar-refractivity contribution >= 4 is 39.9 Å². The van der Waals surface area contributed by atoms with Gasteiger partial charge in [-0.05, 0) is 87.0 Å². The van der Waals surface area contributed by atoms with Crippen molar-refractivity contribution in [2.24, 2.45) is 5.92 Å². The van der Waals surface area contributed by atoms with E-state index in [0.717, 1.165) is 23.1 Å². The molecule has 1 fully saturated rings. The molecule has 1 saturated heterocycles. The molecule has 4 aromatic rings. The fourth-order valence-corrected chi connectivity index (χ4v) is 6.55. The topological polar surface area (TPSA) is 55.9 Å². The molecule has 0 aliphatic carbocycles. The van der Waals surface area contributed by atoms with Crippen LogP contribution in [0.15, 0.2) is 58.9 Å². The first-order valence-electron chi connectivity index (χ1n) is 13.3. The van der Waals surface area contributed by atoms with E-state index in [9.17, 15) is 4.39 Å². The highest BCUT2D eigenvalue weighted by atomic mass is 32.2. The molecule has 0 radical (unpaired) electrons. The lowest BCUT2D eigenvalue weighted by molar-refractivity contribution is 0.169. The minimum absolute atomic E-state index is 0.136. The Kier molecular flexibility index (Phi) is 9.11. The zero-order chi connectivity index (χ0) is 27.2. The SMILES string of the molecule is COc1cc2c(Oc3ccc(NSc4ccc(C)s4)cc3F)ccnc2cc1OCCCN1CCCC(C)C1. The van der Waals surface area contributed by atoms with Gasteiger partial charge in [0.25, 0.3) is 0 Å². The number of nitrogens with one attached hydrogen (secondary N) is 1. The van der Waals surface area contributed by atoms with Crippen LogP contribution in [0.1, 0.15) is 31.1 Å². The summed E-state index contributed by atoms with van der Waals surface area (Å²) in [6.07, 6.45) is 5.19. The Labute approximate surface area is 237 Å². The van der Waals surface area contributed by atoms with Crippen LogP contribution >= 0.6 is 23.3 Å². The van der Waals surface area contributed by atoms with Crippen LogP contribution in [0.5, 0.6) is 23.0 Å². The molecular formula is C30H34FN3O3S2. The summed E-state index contributed by atoms with van der Waals surface area (Å²) in [5.41, 5.74) is 1.35. The zero-order valence-corrected chi connectivity index (χ0v) is 24.2. The van der Waals surface area contributed by atoms with E-state index in [2.05, 4.69) is 34.5 Å². The van der Waals surface area contributed by atoms with Crippen molar-refractivity contribution in [2.45, 2.75) is 37.3 Å². The van der Waals surface area contributed by atoms with Gasteiger partial charge in [0.05, 0.1) is 23.4 Å². The quantitative estimate of drug-likeness (QED) is 0.145.